The first-order valence-electron chi connectivity index (χ1n) is 9.21. The summed E-state index contributed by atoms with van der Waals surface area (Å²) < 4.78 is 15.7. The second kappa shape index (κ2) is 11.1. The number of amides is 1. The summed E-state index contributed by atoms with van der Waals surface area (Å²) in [6.45, 7) is 3.91. The topological polar surface area (TPSA) is 73.9 Å². The van der Waals surface area contributed by atoms with Crippen LogP contribution in [0, 0.1) is 0 Å². The quantitative estimate of drug-likeness (QED) is 0.480. The lowest BCUT2D eigenvalue weighted by atomic mass is 10.1. The van der Waals surface area contributed by atoms with E-state index in [4.69, 9.17) is 25.8 Å². The number of benzene rings is 2. The molecule has 0 atom stereocenters. The molecule has 1 amide bonds. The first kappa shape index (κ1) is 22.3. The van der Waals surface area contributed by atoms with Crippen molar-refractivity contribution in [1.82, 2.24) is 0 Å². The Hall–Kier alpha value is -2.99. The number of nitrogens with one attached hydrogen (secondary N) is 1. The fraction of sp³-hybridized carbons (Fsp3) is 0.273. The van der Waals surface area contributed by atoms with Gasteiger partial charge in [-0.2, -0.15) is 0 Å². The summed E-state index contributed by atoms with van der Waals surface area (Å²) in [4.78, 5) is 24.0. The molecule has 2 aromatic rings. The van der Waals surface area contributed by atoms with Crippen LogP contribution in [0.3, 0.4) is 0 Å². The Morgan fingerprint density at radius 1 is 1.17 bits per heavy atom. The van der Waals surface area contributed by atoms with E-state index in [-0.39, 0.29) is 6.61 Å². The van der Waals surface area contributed by atoms with Gasteiger partial charge in [-0.15, -0.1) is 0 Å². The van der Waals surface area contributed by atoms with E-state index in [0.717, 1.165) is 12.0 Å². The average Bonchev–Trinajstić information content (AvgIpc) is 2.72. The number of aryl methyl sites for hydroxylation is 1. The van der Waals surface area contributed by atoms with Crippen molar-refractivity contribution in [3.05, 3.63) is 58.6 Å². The molecule has 0 spiro atoms. The third-order valence-electron chi connectivity index (χ3n) is 3.97. The van der Waals surface area contributed by atoms with Gasteiger partial charge in [-0.05, 0) is 48.7 Å². The van der Waals surface area contributed by atoms with Crippen molar-refractivity contribution in [2.75, 3.05) is 25.6 Å². The molecule has 0 aliphatic rings. The van der Waals surface area contributed by atoms with Crippen molar-refractivity contribution >= 4 is 35.2 Å². The van der Waals surface area contributed by atoms with Crippen LogP contribution in [0.1, 0.15) is 25.0 Å². The average molecular weight is 418 g/mol. The Bertz CT molecular complexity index is 895. The number of methoxy groups -OCH3 is 1. The predicted octanol–water partition coefficient (Wildman–Crippen LogP) is 4.50. The van der Waals surface area contributed by atoms with Gasteiger partial charge in [0, 0.05) is 11.8 Å². The third-order valence-corrected chi connectivity index (χ3v) is 4.25. The normalized spacial score (nSPS) is 10.6. The molecule has 154 valence electrons. The minimum Gasteiger partial charge on any atom is -0.493 e. The van der Waals surface area contributed by atoms with E-state index in [2.05, 4.69) is 5.32 Å². The molecule has 0 unspecified atom stereocenters. The van der Waals surface area contributed by atoms with E-state index in [1.165, 1.54) is 19.3 Å². The largest absolute Gasteiger partial charge is 0.493 e. The molecule has 0 saturated heterocycles. The van der Waals surface area contributed by atoms with Crippen LogP contribution in [0.4, 0.5) is 5.69 Å². The second-order valence-corrected chi connectivity index (χ2v) is 6.37. The summed E-state index contributed by atoms with van der Waals surface area (Å²) >= 11 is 6.20. The van der Waals surface area contributed by atoms with Crippen LogP contribution in [0.2, 0.25) is 5.02 Å². The fourth-order valence-corrected chi connectivity index (χ4v) is 2.88. The van der Waals surface area contributed by atoms with E-state index in [1.807, 2.05) is 38.1 Å². The SMILES string of the molecule is CCOc1c(Cl)cc(/C=C/C(=O)OCC(=O)Nc2ccccc2CC)cc1OC. The highest BCUT2D eigenvalue weighted by Gasteiger charge is 2.11. The first-order valence-corrected chi connectivity index (χ1v) is 9.59. The molecule has 0 aliphatic carbocycles. The standard InChI is InChI=1S/C22H24ClNO5/c1-4-16-8-6-7-9-18(16)24-20(25)14-29-21(26)11-10-15-12-17(23)22(28-5-2)19(13-15)27-3/h6-13H,4-5,14H2,1-3H3,(H,24,25)/b11-10+. The summed E-state index contributed by atoms with van der Waals surface area (Å²) in [7, 11) is 1.51. The number of para-hydroxylation sites is 1. The molecule has 1 N–H and O–H groups in total. The Balaban J connectivity index is 1.94. The Morgan fingerprint density at radius 3 is 2.62 bits per heavy atom. The van der Waals surface area contributed by atoms with E-state index >= 15 is 0 Å². The number of esters is 1. The lowest BCUT2D eigenvalue weighted by molar-refractivity contribution is -0.142. The number of carbonyl (C=O) groups is 2. The van der Waals surface area contributed by atoms with Crippen LogP contribution in [0.15, 0.2) is 42.5 Å². The van der Waals surface area contributed by atoms with Gasteiger partial charge < -0.3 is 19.5 Å². The summed E-state index contributed by atoms with van der Waals surface area (Å²) in [5.74, 6) is -0.145. The number of anilines is 1. The maximum Gasteiger partial charge on any atom is 0.331 e. The highest BCUT2D eigenvalue weighted by Crippen LogP contribution is 2.36. The molecular formula is C22H24ClNO5. The summed E-state index contributed by atoms with van der Waals surface area (Å²) in [6, 6.07) is 10.8. The molecule has 29 heavy (non-hydrogen) atoms. The summed E-state index contributed by atoms with van der Waals surface area (Å²) in [5.41, 5.74) is 2.35. The first-order chi connectivity index (χ1) is 14.0. The molecule has 7 heteroatoms. The molecule has 0 heterocycles. The van der Waals surface area contributed by atoms with E-state index < -0.39 is 11.9 Å². The van der Waals surface area contributed by atoms with Crippen LogP contribution in [0.25, 0.3) is 6.08 Å². The Morgan fingerprint density at radius 2 is 1.93 bits per heavy atom. The van der Waals surface area contributed by atoms with Crippen molar-refractivity contribution in [3.63, 3.8) is 0 Å². The predicted molar refractivity (Wildman–Crippen MR) is 114 cm³/mol. The van der Waals surface area contributed by atoms with Gasteiger partial charge >= 0.3 is 5.97 Å². The van der Waals surface area contributed by atoms with Crippen LogP contribution >= 0.6 is 11.6 Å². The Kier molecular flexibility index (Phi) is 8.55. The summed E-state index contributed by atoms with van der Waals surface area (Å²) in [5, 5.41) is 3.11. The zero-order chi connectivity index (χ0) is 21.2. The van der Waals surface area contributed by atoms with Gasteiger partial charge in [0.25, 0.3) is 5.91 Å². The second-order valence-electron chi connectivity index (χ2n) is 5.97. The molecular weight excluding hydrogens is 394 g/mol. The van der Waals surface area contributed by atoms with Gasteiger partial charge in [0.2, 0.25) is 0 Å². The van der Waals surface area contributed by atoms with Gasteiger partial charge in [0.1, 0.15) is 0 Å². The smallest absolute Gasteiger partial charge is 0.331 e. The molecule has 0 fully saturated rings. The molecule has 0 aromatic heterocycles. The zero-order valence-corrected chi connectivity index (χ0v) is 17.4. The van der Waals surface area contributed by atoms with Crippen molar-refractivity contribution in [3.8, 4) is 11.5 Å². The molecule has 0 bridgehead atoms. The monoisotopic (exact) mass is 417 g/mol. The van der Waals surface area contributed by atoms with E-state index in [1.54, 1.807) is 12.1 Å². The number of hydrogen-bond acceptors (Lipinski definition) is 5. The minimum atomic E-state index is -0.645. The van der Waals surface area contributed by atoms with E-state index in [0.29, 0.717) is 34.4 Å². The molecule has 6 nitrogen and oxygen atoms in total. The van der Waals surface area contributed by atoms with Gasteiger partial charge in [-0.3, -0.25) is 4.79 Å². The maximum absolute atomic E-state index is 12.0. The van der Waals surface area contributed by atoms with Crippen molar-refractivity contribution in [1.29, 1.82) is 0 Å². The highest BCUT2D eigenvalue weighted by molar-refractivity contribution is 6.32. The fourth-order valence-electron chi connectivity index (χ4n) is 2.61. The van der Waals surface area contributed by atoms with Gasteiger partial charge in [-0.25, -0.2) is 4.79 Å². The van der Waals surface area contributed by atoms with Crippen molar-refractivity contribution in [2.45, 2.75) is 20.3 Å². The number of hydrogen-bond donors (Lipinski definition) is 1. The lowest BCUT2D eigenvalue weighted by Crippen LogP contribution is -2.20. The van der Waals surface area contributed by atoms with Gasteiger partial charge in [0.15, 0.2) is 18.1 Å². The van der Waals surface area contributed by atoms with Gasteiger partial charge in [0.05, 0.1) is 18.7 Å². The Labute approximate surface area is 175 Å². The molecule has 0 aliphatic heterocycles. The van der Waals surface area contributed by atoms with Crippen molar-refractivity contribution < 1.29 is 23.8 Å². The number of rotatable bonds is 9. The molecule has 0 radical (unpaired) electrons. The maximum atomic E-state index is 12.0. The van der Waals surface area contributed by atoms with Crippen LogP contribution in [-0.2, 0) is 20.7 Å². The van der Waals surface area contributed by atoms with Crippen LogP contribution in [-0.4, -0.2) is 32.2 Å². The molecule has 2 aromatic carbocycles. The summed E-state index contributed by atoms with van der Waals surface area (Å²) in [6.07, 6.45) is 3.53. The van der Waals surface area contributed by atoms with E-state index in [9.17, 15) is 9.59 Å². The lowest BCUT2D eigenvalue weighted by Gasteiger charge is -2.12. The van der Waals surface area contributed by atoms with Gasteiger partial charge in [-0.1, -0.05) is 36.7 Å². The third kappa shape index (κ3) is 6.54. The van der Waals surface area contributed by atoms with Crippen LogP contribution in [0.5, 0.6) is 11.5 Å². The highest BCUT2D eigenvalue weighted by atomic mass is 35.5. The van der Waals surface area contributed by atoms with Crippen LogP contribution < -0.4 is 14.8 Å². The number of halogens is 1. The number of carbonyl (C=O) groups excluding carboxylic acids is 2. The molecule has 2 rings (SSSR count). The molecule has 0 saturated carbocycles. The number of ether oxygens (including phenoxy) is 3. The van der Waals surface area contributed by atoms with Crippen molar-refractivity contribution in [2.24, 2.45) is 0 Å². The zero-order valence-electron chi connectivity index (χ0n) is 16.7. The minimum absolute atomic E-state index is 0.369.